The number of rotatable bonds is 5. The average Bonchev–Trinajstić information content (AvgIpc) is 2.29. The van der Waals surface area contributed by atoms with Crippen LogP contribution in [0.25, 0.3) is 0 Å². The molecule has 1 aromatic carbocycles. The molecule has 0 unspecified atom stereocenters. The lowest BCUT2D eigenvalue weighted by Gasteiger charge is -2.04. The summed E-state index contributed by atoms with van der Waals surface area (Å²) in [5.74, 6) is -1.70. The molecule has 0 atom stereocenters. The van der Waals surface area contributed by atoms with E-state index in [4.69, 9.17) is 4.74 Å². The van der Waals surface area contributed by atoms with Gasteiger partial charge in [0.1, 0.15) is 11.4 Å². The van der Waals surface area contributed by atoms with E-state index in [9.17, 15) is 19.3 Å². The Balaban J connectivity index is 2.84. The molecule has 0 bridgehead atoms. The molecule has 0 saturated carbocycles. The van der Waals surface area contributed by atoms with Gasteiger partial charge >= 0.3 is 5.97 Å². The summed E-state index contributed by atoms with van der Waals surface area (Å²) < 4.78 is 18.1. The van der Waals surface area contributed by atoms with E-state index in [0.717, 1.165) is 24.6 Å². The van der Waals surface area contributed by atoms with Gasteiger partial charge in [0.05, 0.1) is 11.5 Å². The fourth-order valence-electron chi connectivity index (χ4n) is 1.17. The first kappa shape index (κ1) is 13.1. The van der Waals surface area contributed by atoms with Crippen molar-refractivity contribution in [3.8, 4) is 0 Å². The van der Waals surface area contributed by atoms with Crippen LogP contribution in [0, 0.1) is 15.9 Å². The zero-order chi connectivity index (χ0) is 12.8. The summed E-state index contributed by atoms with van der Waals surface area (Å²) >= 11 is 0. The molecule has 0 fully saturated rings. The minimum atomic E-state index is -0.875. The van der Waals surface area contributed by atoms with Gasteiger partial charge in [0.15, 0.2) is 0 Å². The number of benzene rings is 1. The van der Waals surface area contributed by atoms with Crippen molar-refractivity contribution in [3.05, 3.63) is 39.7 Å². The first-order chi connectivity index (χ1) is 8.06. The zero-order valence-corrected chi connectivity index (χ0v) is 9.31. The Hall–Kier alpha value is -1.98. The maximum Gasteiger partial charge on any atom is 0.341 e. The molecule has 0 aliphatic heterocycles. The highest BCUT2D eigenvalue weighted by Crippen LogP contribution is 2.17. The highest BCUT2D eigenvalue weighted by molar-refractivity contribution is 5.90. The maximum absolute atomic E-state index is 13.3. The number of hydrogen-bond acceptors (Lipinski definition) is 4. The van der Waals surface area contributed by atoms with Crippen LogP contribution in [0.5, 0.6) is 0 Å². The van der Waals surface area contributed by atoms with Gasteiger partial charge in [-0.1, -0.05) is 13.3 Å². The molecule has 5 nitrogen and oxygen atoms in total. The van der Waals surface area contributed by atoms with Gasteiger partial charge in [-0.25, -0.2) is 9.18 Å². The van der Waals surface area contributed by atoms with Crippen LogP contribution in [0.3, 0.4) is 0 Å². The standard InChI is InChI=1S/C11H12FNO4/c1-2-3-6-17-11(14)9-7-8(13(15)16)4-5-10(9)12/h4-5,7H,2-3,6H2,1H3. The molecule has 0 heterocycles. The van der Waals surface area contributed by atoms with Gasteiger partial charge in [-0.3, -0.25) is 10.1 Å². The van der Waals surface area contributed by atoms with Crippen LogP contribution in [0.4, 0.5) is 10.1 Å². The minimum absolute atomic E-state index is 0.178. The highest BCUT2D eigenvalue weighted by atomic mass is 19.1. The number of carbonyl (C=O) groups is 1. The number of esters is 1. The summed E-state index contributed by atoms with van der Waals surface area (Å²) in [5.41, 5.74) is -0.746. The van der Waals surface area contributed by atoms with Crippen LogP contribution in [0.1, 0.15) is 30.1 Å². The largest absolute Gasteiger partial charge is 0.462 e. The topological polar surface area (TPSA) is 69.4 Å². The van der Waals surface area contributed by atoms with E-state index in [-0.39, 0.29) is 12.3 Å². The fraction of sp³-hybridized carbons (Fsp3) is 0.364. The van der Waals surface area contributed by atoms with E-state index in [1.165, 1.54) is 0 Å². The molecular weight excluding hydrogens is 229 g/mol. The molecule has 0 amide bonds. The molecule has 0 aliphatic carbocycles. The Kier molecular flexibility index (Phi) is 4.56. The number of nitro groups is 1. The molecule has 0 saturated heterocycles. The van der Waals surface area contributed by atoms with Gasteiger partial charge in [-0.15, -0.1) is 0 Å². The number of nitro benzene ring substituents is 1. The Morgan fingerprint density at radius 3 is 2.82 bits per heavy atom. The second-order valence-corrected chi connectivity index (χ2v) is 3.41. The van der Waals surface area contributed by atoms with Crippen molar-refractivity contribution in [2.24, 2.45) is 0 Å². The zero-order valence-electron chi connectivity index (χ0n) is 9.31. The lowest BCUT2D eigenvalue weighted by Crippen LogP contribution is -2.09. The van der Waals surface area contributed by atoms with Crippen molar-refractivity contribution in [2.45, 2.75) is 19.8 Å². The molecule has 1 rings (SSSR count). The van der Waals surface area contributed by atoms with Gasteiger partial charge in [0.2, 0.25) is 0 Å². The summed E-state index contributed by atoms with van der Waals surface area (Å²) in [6.07, 6.45) is 1.51. The smallest absolute Gasteiger partial charge is 0.341 e. The molecular formula is C11H12FNO4. The van der Waals surface area contributed by atoms with E-state index in [1.54, 1.807) is 0 Å². The van der Waals surface area contributed by atoms with Gasteiger partial charge in [-0.2, -0.15) is 0 Å². The molecule has 17 heavy (non-hydrogen) atoms. The third-order valence-corrected chi connectivity index (χ3v) is 2.11. The third-order valence-electron chi connectivity index (χ3n) is 2.11. The molecule has 92 valence electrons. The van der Waals surface area contributed by atoms with Gasteiger partial charge < -0.3 is 4.74 Å². The minimum Gasteiger partial charge on any atom is -0.462 e. The molecule has 0 spiro atoms. The first-order valence-corrected chi connectivity index (χ1v) is 5.17. The molecule has 0 aliphatic rings. The SMILES string of the molecule is CCCCOC(=O)c1cc([N+](=O)[O-])ccc1F. The van der Waals surface area contributed by atoms with Crippen molar-refractivity contribution in [2.75, 3.05) is 6.61 Å². The maximum atomic E-state index is 13.3. The Bertz CT molecular complexity index is 433. The monoisotopic (exact) mass is 241 g/mol. The van der Waals surface area contributed by atoms with Crippen LogP contribution < -0.4 is 0 Å². The first-order valence-electron chi connectivity index (χ1n) is 5.17. The van der Waals surface area contributed by atoms with E-state index < -0.39 is 22.3 Å². The normalized spacial score (nSPS) is 10.0. The van der Waals surface area contributed by atoms with Crippen molar-refractivity contribution in [3.63, 3.8) is 0 Å². The fourth-order valence-corrected chi connectivity index (χ4v) is 1.17. The lowest BCUT2D eigenvalue weighted by molar-refractivity contribution is -0.384. The van der Waals surface area contributed by atoms with Crippen LogP contribution in [0.2, 0.25) is 0 Å². The van der Waals surface area contributed by atoms with Crippen LogP contribution in [-0.2, 0) is 4.74 Å². The average molecular weight is 241 g/mol. The molecule has 0 radical (unpaired) electrons. The second kappa shape index (κ2) is 5.93. The van der Waals surface area contributed by atoms with Crippen LogP contribution in [0.15, 0.2) is 18.2 Å². The molecule has 0 aromatic heterocycles. The Morgan fingerprint density at radius 1 is 1.53 bits per heavy atom. The van der Waals surface area contributed by atoms with E-state index >= 15 is 0 Å². The summed E-state index contributed by atoms with van der Waals surface area (Å²) in [5, 5.41) is 10.5. The van der Waals surface area contributed by atoms with E-state index in [1.807, 2.05) is 6.92 Å². The van der Waals surface area contributed by atoms with E-state index in [2.05, 4.69) is 0 Å². The number of carbonyl (C=O) groups excluding carboxylic acids is 1. The van der Waals surface area contributed by atoms with Crippen molar-refractivity contribution in [1.29, 1.82) is 0 Å². The number of non-ortho nitro benzene ring substituents is 1. The number of nitrogens with zero attached hydrogens (tertiary/aromatic N) is 1. The molecule has 0 N–H and O–H groups in total. The van der Waals surface area contributed by atoms with Gasteiger partial charge in [0.25, 0.3) is 5.69 Å². The quantitative estimate of drug-likeness (QED) is 0.344. The number of hydrogen-bond donors (Lipinski definition) is 0. The summed E-state index contributed by atoms with van der Waals surface area (Å²) in [6.45, 7) is 2.10. The predicted molar refractivity (Wildman–Crippen MR) is 58.2 cm³/mol. The summed E-state index contributed by atoms with van der Waals surface area (Å²) in [6, 6.07) is 2.76. The third kappa shape index (κ3) is 3.51. The van der Waals surface area contributed by atoms with E-state index in [0.29, 0.717) is 6.42 Å². The van der Waals surface area contributed by atoms with Crippen molar-refractivity contribution < 1.29 is 18.8 Å². The number of unbranched alkanes of at least 4 members (excludes halogenated alkanes) is 1. The number of ether oxygens (including phenoxy) is 1. The summed E-state index contributed by atoms with van der Waals surface area (Å²) in [4.78, 5) is 21.2. The lowest BCUT2D eigenvalue weighted by atomic mass is 10.2. The predicted octanol–water partition coefficient (Wildman–Crippen LogP) is 2.69. The van der Waals surface area contributed by atoms with Crippen molar-refractivity contribution >= 4 is 11.7 Å². The number of halogens is 1. The van der Waals surface area contributed by atoms with Gasteiger partial charge in [0, 0.05) is 12.1 Å². The van der Waals surface area contributed by atoms with Gasteiger partial charge in [-0.05, 0) is 12.5 Å². The molecule has 1 aromatic rings. The van der Waals surface area contributed by atoms with Crippen LogP contribution in [-0.4, -0.2) is 17.5 Å². The molecule has 6 heteroatoms. The summed E-state index contributed by atoms with van der Waals surface area (Å²) in [7, 11) is 0. The Morgan fingerprint density at radius 2 is 2.24 bits per heavy atom. The Labute approximate surface area is 97.3 Å². The van der Waals surface area contributed by atoms with Crippen LogP contribution >= 0.6 is 0 Å². The second-order valence-electron chi connectivity index (χ2n) is 3.41. The van der Waals surface area contributed by atoms with Crippen molar-refractivity contribution in [1.82, 2.24) is 0 Å². The highest BCUT2D eigenvalue weighted by Gasteiger charge is 2.17.